The number of benzene rings is 1. The monoisotopic (exact) mass is 366 g/mol. The van der Waals surface area contributed by atoms with Gasteiger partial charge in [-0.3, -0.25) is 0 Å². The summed E-state index contributed by atoms with van der Waals surface area (Å²) in [5.74, 6) is 0.217. The first-order valence-electron chi connectivity index (χ1n) is 8.10. The fraction of sp³-hybridized carbons (Fsp3) is 0.500. The number of rotatable bonds is 6. The molecule has 0 saturated heterocycles. The number of hydrogen-bond donors (Lipinski definition) is 0. The van der Waals surface area contributed by atoms with Gasteiger partial charge in [-0.05, 0) is 44.3 Å². The third-order valence-electron chi connectivity index (χ3n) is 3.17. The Morgan fingerprint density at radius 3 is 2.52 bits per heavy atom. The van der Waals surface area contributed by atoms with Gasteiger partial charge in [-0.2, -0.15) is 0 Å². The van der Waals surface area contributed by atoms with Crippen LogP contribution >= 0.6 is 0 Å². The zero-order valence-electron chi connectivity index (χ0n) is 15.9. The molecule has 0 saturated carbocycles. The molecule has 138 valence electrons. The van der Waals surface area contributed by atoms with Crippen molar-refractivity contribution in [3.05, 3.63) is 29.0 Å². The van der Waals surface area contributed by atoms with Crippen LogP contribution in [0.4, 0.5) is 0 Å². The predicted molar refractivity (Wildman–Crippen MR) is 97.2 cm³/mol. The van der Waals surface area contributed by atoms with Gasteiger partial charge in [0.15, 0.2) is 6.79 Å². The second-order valence-corrected chi connectivity index (χ2v) is 11.7. The van der Waals surface area contributed by atoms with Gasteiger partial charge in [0.2, 0.25) is 14.1 Å². The molecular weight excluding hydrogens is 340 g/mol. The predicted octanol–water partition coefficient (Wildman–Crippen LogP) is 4.17. The number of ether oxygens (including phenoxy) is 4. The van der Waals surface area contributed by atoms with Gasteiger partial charge < -0.3 is 23.4 Å². The molecule has 1 aliphatic rings. The normalized spacial score (nSPS) is 16.6. The topological polar surface area (TPSA) is 63.2 Å². The largest absolute Gasteiger partial charge is 0.548 e. The zero-order chi connectivity index (χ0) is 18.8. The summed E-state index contributed by atoms with van der Waals surface area (Å²) in [7, 11) is -0.207. The van der Waals surface area contributed by atoms with E-state index in [9.17, 15) is 4.79 Å². The standard InChI is InChI=1S/C18H26O6Si/c1-12(24-25(5,6)7)8-13-9-14(21-11-20-4)10-15-16(13)17(19)23-18(2,3)22-15/h8-10H,11H2,1-7H3/b12-8-. The maximum Gasteiger partial charge on any atom is 0.345 e. The highest BCUT2D eigenvalue weighted by Crippen LogP contribution is 2.37. The lowest BCUT2D eigenvalue weighted by Crippen LogP contribution is -2.39. The molecule has 2 rings (SSSR count). The fourth-order valence-electron chi connectivity index (χ4n) is 2.53. The lowest BCUT2D eigenvalue weighted by molar-refractivity contribution is -0.127. The SMILES string of the molecule is COCOc1cc(/C=C(/C)O[Si](C)(C)C)c2c(c1)OC(C)(C)OC2=O. The Kier molecular flexibility index (Phi) is 5.48. The van der Waals surface area contributed by atoms with E-state index in [0.717, 1.165) is 5.76 Å². The Morgan fingerprint density at radius 2 is 1.92 bits per heavy atom. The van der Waals surface area contributed by atoms with Gasteiger partial charge in [0.05, 0.1) is 5.76 Å². The third-order valence-corrected chi connectivity index (χ3v) is 4.11. The molecule has 1 heterocycles. The second kappa shape index (κ2) is 7.09. The molecule has 1 aliphatic heterocycles. The van der Waals surface area contributed by atoms with E-state index in [0.29, 0.717) is 22.6 Å². The minimum absolute atomic E-state index is 0.0974. The number of esters is 1. The van der Waals surface area contributed by atoms with Crippen LogP contribution in [0.15, 0.2) is 17.9 Å². The van der Waals surface area contributed by atoms with Crippen molar-refractivity contribution in [1.29, 1.82) is 0 Å². The van der Waals surface area contributed by atoms with Crippen LogP contribution in [-0.4, -0.2) is 34.0 Å². The first-order valence-corrected chi connectivity index (χ1v) is 11.5. The number of hydrogen-bond acceptors (Lipinski definition) is 6. The second-order valence-electron chi connectivity index (χ2n) is 7.30. The van der Waals surface area contributed by atoms with E-state index >= 15 is 0 Å². The van der Waals surface area contributed by atoms with E-state index in [2.05, 4.69) is 19.6 Å². The van der Waals surface area contributed by atoms with Gasteiger partial charge in [0, 0.05) is 27.0 Å². The van der Waals surface area contributed by atoms with Gasteiger partial charge in [-0.15, -0.1) is 0 Å². The summed E-state index contributed by atoms with van der Waals surface area (Å²) in [6.07, 6.45) is 1.81. The highest BCUT2D eigenvalue weighted by molar-refractivity contribution is 6.70. The Bertz CT molecular complexity index is 688. The van der Waals surface area contributed by atoms with Crippen molar-refractivity contribution >= 4 is 20.4 Å². The number of methoxy groups -OCH3 is 1. The Hall–Kier alpha value is -1.99. The van der Waals surface area contributed by atoms with E-state index < -0.39 is 20.1 Å². The van der Waals surface area contributed by atoms with E-state index in [4.69, 9.17) is 23.4 Å². The summed E-state index contributed by atoms with van der Waals surface area (Å²) in [4.78, 5) is 12.5. The van der Waals surface area contributed by atoms with E-state index in [-0.39, 0.29) is 6.79 Å². The van der Waals surface area contributed by atoms with Crippen molar-refractivity contribution < 1.29 is 28.2 Å². The highest BCUT2D eigenvalue weighted by atomic mass is 28.4. The van der Waals surface area contributed by atoms with Gasteiger partial charge in [-0.1, -0.05) is 0 Å². The Balaban J connectivity index is 2.50. The molecule has 1 aromatic carbocycles. The minimum atomic E-state index is -1.75. The molecular formula is C18H26O6Si. The average Bonchev–Trinajstić information content (AvgIpc) is 2.40. The van der Waals surface area contributed by atoms with Crippen molar-refractivity contribution in [2.75, 3.05) is 13.9 Å². The molecule has 0 fully saturated rings. The van der Waals surface area contributed by atoms with Crippen LogP contribution in [0.1, 0.15) is 36.7 Å². The first-order chi connectivity index (χ1) is 11.5. The maximum atomic E-state index is 12.5. The zero-order valence-corrected chi connectivity index (χ0v) is 16.9. The number of fused-ring (bicyclic) bond motifs is 1. The summed E-state index contributed by atoms with van der Waals surface area (Å²) in [5, 5.41) is 0. The Labute approximate surface area is 149 Å². The molecule has 0 aliphatic carbocycles. The van der Waals surface area contributed by atoms with Crippen LogP contribution in [-0.2, 0) is 13.9 Å². The molecule has 0 radical (unpaired) electrons. The molecule has 0 spiro atoms. The van der Waals surface area contributed by atoms with Crippen molar-refractivity contribution in [3.8, 4) is 11.5 Å². The summed E-state index contributed by atoms with van der Waals surface area (Å²) >= 11 is 0. The highest BCUT2D eigenvalue weighted by Gasteiger charge is 2.36. The van der Waals surface area contributed by atoms with Gasteiger partial charge in [0.25, 0.3) is 0 Å². The quantitative estimate of drug-likeness (QED) is 0.326. The molecule has 1 aromatic rings. The van der Waals surface area contributed by atoms with Crippen molar-refractivity contribution in [1.82, 2.24) is 0 Å². The van der Waals surface area contributed by atoms with E-state index in [1.54, 1.807) is 39.2 Å². The molecule has 0 bridgehead atoms. The van der Waals surface area contributed by atoms with Gasteiger partial charge >= 0.3 is 5.97 Å². The van der Waals surface area contributed by atoms with Crippen LogP contribution in [0, 0.1) is 0 Å². The molecule has 0 unspecified atom stereocenters. The maximum absolute atomic E-state index is 12.5. The van der Waals surface area contributed by atoms with Crippen molar-refractivity contribution in [2.45, 2.75) is 46.2 Å². The molecule has 0 aromatic heterocycles. The number of carbonyl (C=O) groups excluding carboxylic acids is 1. The smallest absolute Gasteiger partial charge is 0.345 e. The first kappa shape index (κ1) is 19.3. The Morgan fingerprint density at radius 1 is 1.24 bits per heavy atom. The molecule has 0 N–H and O–H groups in total. The number of cyclic esters (lactones) is 1. The summed E-state index contributed by atoms with van der Waals surface area (Å²) in [6.45, 7) is 11.6. The fourth-order valence-corrected chi connectivity index (χ4v) is 3.55. The molecule has 7 heteroatoms. The van der Waals surface area contributed by atoms with Crippen molar-refractivity contribution in [2.24, 2.45) is 0 Å². The molecule has 0 amide bonds. The molecule has 0 atom stereocenters. The molecule has 6 nitrogen and oxygen atoms in total. The van der Waals surface area contributed by atoms with Crippen molar-refractivity contribution in [3.63, 3.8) is 0 Å². The molecule has 25 heavy (non-hydrogen) atoms. The lowest BCUT2D eigenvalue weighted by Gasteiger charge is -2.32. The summed E-state index contributed by atoms with van der Waals surface area (Å²) in [6, 6.07) is 3.42. The minimum Gasteiger partial charge on any atom is -0.548 e. The number of allylic oxidation sites excluding steroid dienone is 1. The average molecular weight is 366 g/mol. The van der Waals surface area contributed by atoms with Crippen LogP contribution in [0.3, 0.4) is 0 Å². The van der Waals surface area contributed by atoms with Gasteiger partial charge in [-0.25, -0.2) is 4.79 Å². The van der Waals surface area contributed by atoms with Crippen LogP contribution in [0.25, 0.3) is 6.08 Å². The van der Waals surface area contributed by atoms with Crippen LogP contribution in [0.5, 0.6) is 11.5 Å². The van der Waals surface area contributed by atoms with Crippen LogP contribution in [0.2, 0.25) is 19.6 Å². The summed E-state index contributed by atoms with van der Waals surface area (Å²) < 4.78 is 27.6. The van der Waals surface area contributed by atoms with Crippen LogP contribution < -0.4 is 9.47 Å². The van der Waals surface area contributed by atoms with Gasteiger partial charge in [0.1, 0.15) is 17.1 Å². The number of carbonyl (C=O) groups is 1. The van der Waals surface area contributed by atoms with E-state index in [1.165, 1.54) is 0 Å². The van der Waals surface area contributed by atoms with E-state index in [1.807, 2.05) is 6.92 Å². The third kappa shape index (κ3) is 5.24. The lowest BCUT2D eigenvalue weighted by atomic mass is 10.0. The summed E-state index contributed by atoms with van der Waals surface area (Å²) in [5.41, 5.74) is 0.988.